The highest BCUT2D eigenvalue weighted by Crippen LogP contribution is 2.42. The maximum atomic E-state index is 13.1. The number of nitrogens with one attached hydrogen (secondary N) is 2. The number of carbonyl (C=O) groups excluding carboxylic acids is 1. The van der Waals surface area contributed by atoms with Gasteiger partial charge < -0.3 is 24.7 Å². The Morgan fingerprint density at radius 3 is 2.54 bits per heavy atom. The van der Waals surface area contributed by atoms with Crippen molar-refractivity contribution in [3.8, 4) is 34.3 Å². The molecular weight excluding hydrogens is 608 g/mol. The quantitative estimate of drug-likeness (QED) is 0.304. The molecule has 0 bridgehead atoms. The van der Waals surface area contributed by atoms with Crippen LogP contribution in [0.25, 0.3) is 22.4 Å². The molecule has 4 aromatic rings. The molecule has 1 saturated heterocycles. The van der Waals surface area contributed by atoms with E-state index in [0.717, 1.165) is 59.2 Å². The van der Waals surface area contributed by atoms with Gasteiger partial charge in [0.15, 0.2) is 0 Å². The average molecular weight is 641 g/mol. The summed E-state index contributed by atoms with van der Waals surface area (Å²) in [5, 5.41) is 17.1. The number of pyridine rings is 1. The lowest BCUT2D eigenvalue weighted by Crippen LogP contribution is -2.40. The summed E-state index contributed by atoms with van der Waals surface area (Å²) in [6.07, 6.45) is 4.92. The molecule has 2 aromatic heterocycles. The van der Waals surface area contributed by atoms with Crippen LogP contribution in [-0.4, -0.2) is 46.4 Å². The number of hydrogen-bond donors (Lipinski definition) is 2. The average Bonchev–Trinajstić information content (AvgIpc) is 3.48. The second kappa shape index (κ2) is 12.9. The lowest BCUT2D eigenvalue weighted by Gasteiger charge is -2.27. The number of aryl methyl sites for hydroxylation is 2. The zero-order chi connectivity index (χ0) is 32.5. The molecule has 1 amide bonds. The van der Waals surface area contributed by atoms with Crippen LogP contribution in [0.1, 0.15) is 52.4 Å². The van der Waals surface area contributed by atoms with E-state index in [1.165, 1.54) is 20.3 Å². The van der Waals surface area contributed by atoms with Crippen LogP contribution in [0.5, 0.6) is 5.88 Å². The van der Waals surface area contributed by atoms with E-state index in [0.29, 0.717) is 39.9 Å². The second-order valence-electron chi connectivity index (χ2n) is 11.5. The van der Waals surface area contributed by atoms with Crippen LogP contribution in [0.4, 0.5) is 5.69 Å². The monoisotopic (exact) mass is 640 g/mol. The van der Waals surface area contributed by atoms with Crippen LogP contribution < -0.4 is 26.6 Å². The van der Waals surface area contributed by atoms with Gasteiger partial charge in [0.1, 0.15) is 11.6 Å². The van der Waals surface area contributed by atoms with E-state index in [-0.39, 0.29) is 22.3 Å². The van der Waals surface area contributed by atoms with Gasteiger partial charge in [-0.05, 0) is 43.4 Å². The van der Waals surface area contributed by atoms with E-state index >= 15 is 0 Å². The van der Waals surface area contributed by atoms with Crippen molar-refractivity contribution in [1.82, 2.24) is 19.4 Å². The van der Waals surface area contributed by atoms with Gasteiger partial charge in [0.05, 0.1) is 29.1 Å². The van der Waals surface area contributed by atoms with Crippen molar-refractivity contribution in [2.45, 2.75) is 37.8 Å². The standard InChI is InChI=1S/C34H33ClN6O5/c1-40-18-25(33(43)41(2)34(40)44)31(42)38-27-9-5-8-23(30(27)35)21-6-4-7-22(24(21)17-36)28-16-19-10-11-26(29(19)32(39-28)45-3)37-20-12-14-46-15-13-20/h4-9,16,18,20,26,37H,10-15H2,1-3H3,(H,38,42). The zero-order valence-corrected chi connectivity index (χ0v) is 26.5. The molecule has 1 unspecified atom stereocenters. The van der Waals surface area contributed by atoms with Crippen LogP contribution >= 0.6 is 11.6 Å². The molecule has 3 heterocycles. The SMILES string of the molecule is COc1nc(-c2cccc(-c3cccc(NC(=O)c4cn(C)c(=O)n(C)c4=O)c3Cl)c2C#N)cc2c1C(NC1CCOCC1)CC2. The second-order valence-corrected chi connectivity index (χ2v) is 11.9. The molecule has 6 rings (SSSR count). The van der Waals surface area contributed by atoms with Gasteiger partial charge in [-0.15, -0.1) is 0 Å². The van der Waals surface area contributed by atoms with Gasteiger partial charge in [0.25, 0.3) is 11.5 Å². The van der Waals surface area contributed by atoms with Gasteiger partial charge in [-0.3, -0.25) is 14.2 Å². The molecular formula is C34H33ClN6O5. The number of rotatable bonds is 7. The Balaban J connectivity index is 1.35. The van der Waals surface area contributed by atoms with Crippen molar-refractivity contribution in [2.75, 3.05) is 25.6 Å². The number of carbonyl (C=O) groups is 1. The summed E-state index contributed by atoms with van der Waals surface area (Å²) in [5.74, 6) is -0.181. The number of aromatic nitrogens is 3. The molecule has 1 atom stereocenters. The van der Waals surface area contributed by atoms with E-state index in [2.05, 4.69) is 16.7 Å². The van der Waals surface area contributed by atoms with Gasteiger partial charge in [-0.2, -0.15) is 5.26 Å². The molecule has 236 valence electrons. The Kier molecular flexibility index (Phi) is 8.77. The van der Waals surface area contributed by atoms with Gasteiger partial charge >= 0.3 is 5.69 Å². The van der Waals surface area contributed by atoms with Crippen LogP contribution in [0.15, 0.2) is 58.3 Å². The van der Waals surface area contributed by atoms with Gasteiger partial charge in [0, 0.05) is 67.8 Å². The Hall–Kier alpha value is -4.76. The number of methoxy groups -OCH3 is 1. The summed E-state index contributed by atoms with van der Waals surface area (Å²) in [6.45, 7) is 1.51. The van der Waals surface area contributed by atoms with E-state index in [1.807, 2.05) is 18.2 Å². The number of ether oxygens (including phenoxy) is 2. The molecule has 12 heteroatoms. The van der Waals surface area contributed by atoms with E-state index in [1.54, 1.807) is 31.4 Å². The van der Waals surface area contributed by atoms with Crippen LogP contribution in [0.3, 0.4) is 0 Å². The van der Waals surface area contributed by atoms with Crippen molar-refractivity contribution in [2.24, 2.45) is 14.1 Å². The summed E-state index contributed by atoms with van der Waals surface area (Å²) in [6, 6.07) is 15.4. The third kappa shape index (κ3) is 5.71. The van der Waals surface area contributed by atoms with E-state index in [9.17, 15) is 19.6 Å². The minimum Gasteiger partial charge on any atom is -0.481 e. The van der Waals surface area contributed by atoms with Gasteiger partial charge in [-0.25, -0.2) is 9.78 Å². The lowest BCUT2D eigenvalue weighted by molar-refractivity contribution is 0.0747. The number of hydrogen-bond acceptors (Lipinski definition) is 8. The summed E-state index contributed by atoms with van der Waals surface area (Å²) >= 11 is 6.84. The van der Waals surface area contributed by atoms with Crippen molar-refractivity contribution < 1.29 is 14.3 Å². The summed E-state index contributed by atoms with van der Waals surface area (Å²) in [4.78, 5) is 42.7. The first kappa shape index (κ1) is 31.2. The van der Waals surface area contributed by atoms with Crippen molar-refractivity contribution in [1.29, 1.82) is 5.26 Å². The predicted molar refractivity (Wildman–Crippen MR) is 174 cm³/mol. The molecule has 2 aliphatic rings. The molecule has 1 aliphatic carbocycles. The molecule has 11 nitrogen and oxygen atoms in total. The number of nitrogens with zero attached hydrogens (tertiary/aromatic N) is 4. The maximum Gasteiger partial charge on any atom is 0.330 e. The molecule has 0 spiro atoms. The van der Waals surface area contributed by atoms with Crippen molar-refractivity contribution >= 4 is 23.2 Å². The maximum absolute atomic E-state index is 13.1. The highest BCUT2D eigenvalue weighted by molar-refractivity contribution is 6.36. The molecule has 0 saturated carbocycles. The summed E-state index contributed by atoms with van der Waals surface area (Å²) in [5.41, 5.74) is 3.63. The first-order valence-corrected chi connectivity index (χ1v) is 15.4. The van der Waals surface area contributed by atoms with Gasteiger partial charge in [-0.1, -0.05) is 41.9 Å². The number of fused-ring (bicyclic) bond motifs is 1. The highest BCUT2D eigenvalue weighted by Gasteiger charge is 2.31. The fourth-order valence-corrected chi connectivity index (χ4v) is 6.59. The third-order valence-corrected chi connectivity index (χ3v) is 9.10. The van der Waals surface area contributed by atoms with Gasteiger partial charge in [0.2, 0.25) is 5.88 Å². The minimum atomic E-state index is -0.727. The Labute approximate surface area is 270 Å². The van der Waals surface area contributed by atoms with Crippen molar-refractivity contribution in [3.05, 3.63) is 96.8 Å². The number of nitriles is 1. The topological polar surface area (TPSA) is 140 Å². The normalized spacial score (nSPS) is 16.1. The molecule has 1 fully saturated rings. The molecule has 2 N–H and O–H groups in total. The Bertz CT molecular complexity index is 2010. The zero-order valence-electron chi connectivity index (χ0n) is 25.7. The molecule has 2 aromatic carbocycles. The third-order valence-electron chi connectivity index (χ3n) is 8.69. The van der Waals surface area contributed by atoms with Crippen LogP contribution in [0.2, 0.25) is 5.02 Å². The van der Waals surface area contributed by atoms with E-state index < -0.39 is 17.2 Å². The Morgan fingerprint density at radius 2 is 1.80 bits per heavy atom. The first-order chi connectivity index (χ1) is 22.2. The molecule has 46 heavy (non-hydrogen) atoms. The molecule has 0 radical (unpaired) electrons. The smallest absolute Gasteiger partial charge is 0.330 e. The number of anilines is 1. The predicted octanol–water partition coefficient (Wildman–Crippen LogP) is 4.35. The van der Waals surface area contributed by atoms with Crippen molar-refractivity contribution in [3.63, 3.8) is 0 Å². The fraction of sp³-hybridized carbons (Fsp3) is 0.324. The summed E-state index contributed by atoms with van der Waals surface area (Å²) in [7, 11) is 4.37. The van der Waals surface area contributed by atoms with E-state index in [4.69, 9.17) is 26.1 Å². The van der Waals surface area contributed by atoms with Crippen LogP contribution in [0, 0.1) is 11.3 Å². The first-order valence-electron chi connectivity index (χ1n) is 15.0. The largest absolute Gasteiger partial charge is 0.481 e. The van der Waals surface area contributed by atoms with Crippen LogP contribution in [-0.2, 0) is 25.3 Å². The Morgan fingerprint density at radius 1 is 1.09 bits per heavy atom. The molecule has 1 aliphatic heterocycles. The highest BCUT2D eigenvalue weighted by atomic mass is 35.5. The number of halogens is 1. The lowest BCUT2D eigenvalue weighted by atomic mass is 9.93. The number of benzene rings is 2. The fourth-order valence-electron chi connectivity index (χ4n) is 6.32. The minimum absolute atomic E-state index is 0.133. The summed E-state index contributed by atoms with van der Waals surface area (Å²) < 4.78 is 13.3. The number of amides is 1.